The molecule has 6 nitrogen and oxygen atoms in total. The second-order valence-electron chi connectivity index (χ2n) is 5.86. The van der Waals surface area contributed by atoms with Crippen LogP contribution in [0.15, 0.2) is 17.4 Å². The minimum Gasteiger partial charge on any atom is -0.357 e. The fourth-order valence-corrected chi connectivity index (χ4v) is 2.75. The molecule has 0 aliphatic carbocycles. The van der Waals surface area contributed by atoms with Gasteiger partial charge in [0.05, 0.1) is 12.7 Å². The Hall–Kier alpha value is -1.56. The van der Waals surface area contributed by atoms with Crippen LogP contribution < -0.4 is 10.6 Å². The molecule has 1 aliphatic heterocycles. The molecule has 0 spiro atoms. The van der Waals surface area contributed by atoms with E-state index in [2.05, 4.69) is 38.7 Å². The third-order valence-electron chi connectivity index (χ3n) is 3.94. The number of nitrogens with zero attached hydrogens (tertiary/aromatic N) is 4. The number of rotatable bonds is 7. The summed E-state index contributed by atoms with van der Waals surface area (Å²) in [6.45, 7) is 8.27. The monoisotopic (exact) mass is 306 g/mol. The molecule has 1 aromatic heterocycles. The summed E-state index contributed by atoms with van der Waals surface area (Å²) in [6, 6.07) is 0. The Morgan fingerprint density at radius 2 is 2.09 bits per heavy atom. The first-order chi connectivity index (χ1) is 10.8. The van der Waals surface area contributed by atoms with E-state index in [0.29, 0.717) is 0 Å². The van der Waals surface area contributed by atoms with E-state index in [1.807, 2.05) is 17.9 Å². The van der Waals surface area contributed by atoms with E-state index in [-0.39, 0.29) is 0 Å². The van der Waals surface area contributed by atoms with Crippen LogP contribution in [0.3, 0.4) is 0 Å². The fourth-order valence-electron chi connectivity index (χ4n) is 2.75. The van der Waals surface area contributed by atoms with E-state index in [1.165, 1.54) is 37.9 Å². The van der Waals surface area contributed by atoms with Crippen LogP contribution in [-0.2, 0) is 13.5 Å². The van der Waals surface area contributed by atoms with Gasteiger partial charge in [0.25, 0.3) is 0 Å². The summed E-state index contributed by atoms with van der Waals surface area (Å²) in [5.41, 5.74) is 1.25. The molecule has 0 unspecified atom stereocenters. The molecule has 1 aromatic rings. The predicted octanol–water partition coefficient (Wildman–Crippen LogP) is 1.00. The number of aryl methyl sites for hydroxylation is 1. The maximum atomic E-state index is 4.68. The van der Waals surface area contributed by atoms with Gasteiger partial charge in [-0.2, -0.15) is 5.10 Å². The number of hydrogen-bond donors (Lipinski definition) is 2. The molecule has 0 bridgehead atoms. The highest BCUT2D eigenvalue weighted by Gasteiger charge is 2.08. The van der Waals surface area contributed by atoms with Gasteiger partial charge in [-0.25, -0.2) is 0 Å². The highest BCUT2D eigenvalue weighted by molar-refractivity contribution is 5.79. The molecule has 1 fully saturated rings. The molecule has 1 saturated heterocycles. The van der Waals surface area contributed by atoms with Gasteiger partial charge in [0.2, 0.25) is 0 Å². The van der Waals surface area contributed by atoms with Crippen molar-refractivity contribution < 1.29 is 0 Å². The van der Waals surface area contributed by atoms with Crippen molar-refractivity contribution in [2.45, 2.75) is 32.6 Å². The maximum absolute atomic E-state index is 4.68. The first kappa shape index (κ1) is 16.8. The summed E-state index contributed by atoms with van der Waals surface area (Å²) in [5, 5.41) is 10.9. The second-order valence-corrected chi connectivity index (χ2v) is 5.86. The smallest absolute Gasteiger partial charge is 0.191 e. The Bertz CT molecular complexity index is 447. The summed E-state index contributed by atoms with van der Waals surface area (Å²) in [7, 11) is 1.95. The van der Waals surface area contributed by atoms with Gasteiger partial charge in [-0.1, -0.05) is 6.42 Å². The van der Waals surface area contributed by atoms with Gasteiger partial charge < -0.3 is 15.5 Å². The molecule has 124 valence electrons. The second kappa shape index (κ2) is 9.46. The van der Waals surface area contributed by atoms with Gasteiger partial charge in [-0.15, -0.1) is 0 Å². The van der Waals surface area contributed by atoms with Gasteiger partial charge in [0.15, 0.2) is 5.96 Å². The standard InChI is InChI=1S/C16H30N6/c1-3-17-16(18-8-7-15-13-20-21(2)14-15)19-9-12-22-10-5-4-6-11-22/h13-14H,3-12H2,1-2H3,(H2,17,18,19). The fraction of sp³-hybridized carbons (Fsp3) is 0.750. The highest BCUT2D eigenvalue weighted by atomic mass is 15.2. The van der Waals surface area contributed by atoms with Gasteiger partial charge in [-0.05, 0) is 44.8 Å². The topological polar surface area (TPSA) is 57.5 Å². The zero-order chi connectivity index (χ0) is 15.6. The van der Waals surface area contributed by atoms with Crippen molar-refractivity contribution in [3.63, 3.8) is 0 Å². The van der Waals surface area contributed by atoms with Crippen molar-refractivity contribution in [3.05, 3.63) is 18.0 Å². The van der Waals surface area contributed by atoms with E-state index < -0.39 is 0 Å². The van der Waals surface area contributed by atoms with Crippen molar-refractivity contribution >= 4 is 5.96 Å². The number of nitrogens with one attached hydrogen (secondary N) is 2. The molecule has 0 amide bonds. The lowest BCUT2D eigenvalue weighted by Crippen LogP contribution is -2.39. The molecule has 2 heterocycles. The normalized spacial score (nSPS) is 16.7. The van der Waals surface area contributed by atoms with E-state index in [0.717, 1.165) is 38.6 Å². The quantitative estimate of drug-likeness (QED) is 0.583. The molecule has 6 heteroatoms. The van der Waals surface area contributed by atoms with E-state index in [1.54, 1.807) is 0 Å². The summed E-state index contributed by atoms with van der Waals surface area (Å²) in [6.07, 6.45) is 9.01. The van der Waals surface area contributed by atoms with Crippen molar-refractivity contribution in [2.24, 2.45) is 12.0 Å². The van der Waals surface area contributed by atoms with E-state index in [9.17, 15) is 0 Å². The Kier molecular flexibility index (Phi) is 7.22. The number of guanidine groups is 1. The molecule has 2 N–H and O–H groups in total. The number of hydrogen-bond acceptors (Lipinski definition) is 3. The lowest BCUT2D eigenvalue weighted by Gasteiger charge is -2.25. The van der Waals surface area contributed by atoms with Gasteiger partial charge in [0, 0.05) is 32.9 Å². The van der Waals surface area contributed by atoms with Crippen molar-refractivity contribution in [2.75, 3.05) is 39.3 Å². The Labute approximate surface area is 134 Å². The zero-order valence-electron chi connectivity index (χ0n) is 14.0. The van der Waals surface area contributed by atoms with Crippen LogP contribution in [0.5, 0.6) is 0 Å². The SMILES string of the molecule is CCNC(=NCCN1CCCCC1)NCCc1cnn(C)c1. The van der Waals surface area contributed by atoms with Crippen LogP contribution in [0, 0.1) is 0 Å². The van der Waals surface area contributed by atoms with Gasteiger partial charge in [-0.3, -0.25) is 9.67 Å². The predicted molar refractivity (Wildman–Crippen MR) is 91.2 cm³/mol. The molecular weight excluding hydrogens is 276 g/mol. The van der Waals surface area contributed by atoms with Gasteiger partial charge >= 0.3 is 0 Å². The van der Waals surface area contributed by atoms with Crippen molar-refractivity contribution in [1.29, 1.82) is 0 Å². The Balaban J connectivity index is 1.69. The van der Waals surface area contributed by atoms with E-state index >= 15 is 0 Å². The van der Waals surface area contributed by atoms with Crippen LogP contribution in [0.4, 0.5) is 0 Å². The summed E-state index contributed by atoms with van der Waals surface area (Å²) in [4.78, 5) is 7.20. The number of aliphatic imine (C=N–C) groups is 1. The molecule has 22 heavy (non-hydrogen) atoms. The minimum absolute atomic E-state index is 0.863. The Morgan fingerprint density at radius 3 is 2.77 bits per heavy atom. The minimum atomic E-state index is 0.863. The summed E-state index contributed by atoms with van der Waals surface area (Å²) in [5.74, 6) is 0.920. The third kappa shape index (κ3) is 6.05. The van der Waals surface area contributed by atoms with Crippen molar-refractivity contribution in [1.82, 2.24) is 25.3 Å². The number of likely N-dealkylation sites (tertiary alicyclic amines) is 1. The lowest BCUT2D eigenvalue weighted by atomic mass is 10.1. The van der Waals surface area contributed by atoms with E-state index in [4.69, 9.17) is 0 Å². The van der Waals surface area contributed by atoms with Gasteiger partial charge in [0.1, 0.15) is 0 Å². The molecule has 0 atom stereocenters. The summed E-state index contributed by atoms with van der Waals surface area (Å²) >= 11 is 0. The highest BCUT2D eigenvalue weighted by Crippen LogP contribution is 2.07. The largest absolute Gasteiger partial charge is 0.357 e. The maximum Gasteiger partial charge on any atom is 0.191 e. The Morgan fingerprint density at radius 1 is 1.27 bits per heavy atom. The first-order valence-corrected chi connectivity index (χ1v) is 8.50. The molecule has 0 saturated carbocycles. The number of aromatic nitrogens is 2. The average Bonchev–Trinajstić information content (AvgIpc) is 2.94. The molecule has 1 aliphatic rings. The molecule has 0 aromatic carbocycles. The van der Waals surface area contributed by atoms with Crippen LogP contribution >= 0.6 is 0 Å². The lowest BCUT2D eigenvalue weighted by molar-refractivity contribution is 0.235. The molecule has 2 rings (SSSR count). The van der Waals surface area contributed by atoms with Crippen LogP contribution in [0.25, 0.3) is 0 Å². The van der Waals surface area contributed by atoms with Crippen LogP contribution in [0.1, 0.15) is 31.7 Å². The average molecular weight is 306 g/mol. The van der Waals surface area contributed by atoms with Crippen molar-refractivity contribution in [3.8, 4) is 0 Å². The third-order valence-corrected chi connectivity index (χ3v) is 3.94. The molecular formula is C16H30N6. The zero-order valence-corrected chi connectivity index (χ0v) is 14.0. The molecule has 0 radical (unpaired) electrons. The van der Waals surface area contributed by atoms with Crippen LogP contribution in [0.2, 0.25) is 0 Å². The summed E-state index contributed by atoms with van der Waals surface area (Å²) < 4.78 is 1.84. The van der Waals surface area contributed by atoms with Crippen LogP contribution in [-0.4, -0.2) is 59.9 Å². The first-order valence-electron chi connectivity index (χ1n) is 8.50. The number of piperidine rings is 1.